The Hall–Kier alpha value is -3.99. The number of Topliss-reactive ketones (excluding diaryl/α,β-unsaturated/α-hetero) is 1. The molecule has 0 spiro atoms. The molecule has 0 aliphatic rings. The zero-order valence-electron chi connectivity index (χ0n) is 16.4. The van der Waals surface area contributed by atoms with Crippen molar-refractivity contribution < 1.29 is 9.90 Å². The van der Waals surface area contributed by atoms with Gasteiger partial charge in [-0.2, -0.15) is 0 Å². The highest BCUT2D eigenvalue weighted by Gasteiger charge is 2.15. The number of fused-ring (bicyclic) bond motifs is 1. The number of pyridine rings is 1. The molecule has 0 aliphatic heterocycles. The van der Waals surface area contributed by atoms with Crippen LogP contribution in [0.2, 0.25) is 0 Å². The van der Waals surface area contributed by atoms with E-state index in [0.717, 1.165) is 5.56 Å². The number of aromatic nitrogens is 1. The van der Waals surface area contributed by atoms with Crippen LogP contribution >= 0.6 is 0 Å². The van der Waals surface area contributed by atoms with Crippen LogP contribution in [0.4, 0.5) is 5.69 Å². The third-order valence-electron chi connectivity index (χ3n) is 4.99. The molecule has 0 atom stereocenters. The van der Waals surface area contributed by atoms with Gasteiger partial charge < -0.3 is 5.11 Å². The van der Waals surface area contributed by atoms with Gasteiger partial charge in [0.2, 0.25) is 5.88 Å². The molecule has 0 unspecified atom stereocenters. The third kappa shape index (κ3) is 3.78. The third-order valence-corrected chi connectivity index (χ3v) is 4.99. The predicted molar refractivity (Wildman–Crippen MR) is 119 cm³/mol. The molecule has 148 valence electrons. The van der Waals surface area contributed by atoms with E-state index in [2.05, 4.69) is 4.99 Å². The number of carbonyl (C=O) groups excluding carboxylic acids is 1. The lowest BCUT2D eigenvalue weighted by atomic mass is 10.1. The van der Waals surface area contributed by atoms with Gasteiger partial charge in [0.25, 0.3) is 5.56 Å². The van der Waals surface area contributed by atoms with Crippen LogP contribution < -0.4 is 5.56 Å². The summed E-state index contributed by atoms with van der Waals surface area (Å²) in [7, 11) is 0. The number of carbonyl (C=O) groups is 1. The minimum atomic E-state index is -0.255. The number of hydrogen-bond donors (Lipinski definition) is 1. The summed E-state index contributed by atoms with van der Waals surface area (Å²) in [6.45, 7) is 1.77. The van der Waals surface area contributed by atoms with Crippen LogP contribution in [0.1, 0.15) is 28.4 Å². The normalized spacial score (nSPS) is 11.2. The zero-order chi connectivity index (χ0) is 21.1. The van der Waals surface area contributed by atoms with Crippen LogP contribution in [0.25, 0.3) is 10.8 Å². The number of rotatable bonds is 5. The topological polar surface area (TPSA) is 71.7 Å². The van der Waals surface area contributed by atoms with Crippen molar-refractivity contribution in [3.8, 4) is 5.88 Å². The first-order chi connectivity index (χ1) is 14.5. The SMILES string of the molecule is CC(=O)c1ccc(N=Cc2c(O)n(Cc3ccccc3)c(=O)c3ccccc23)cc1. The van der Waals surface area contributed by atoms with E-state index in [-0.39, 0.29) is 23.8 Å². The Labute approximate surface area is 173 Å². The van der Waals surface area contributed by atoms with Crippen molar-refractivity contribution in [2.24, 2.45) is 4.99 Å². The maximum absolute atomic E-state index is 13.0. The van der Waals surface area contributed by atoms with Gasteiger partial charge in [-0.25, -0.2) is 0 Å². The minimum Gasteiger partial charge on any atom is -0.494 e. The number of ketones is 1. The second kappa shape index (κ2) is 8.17. The second-order valence-electron chi connectivity index (χ2n) is 7.02. The Morgan fingerprint density at radius 3 is 2.23 bits per heavy atom. The Balaban J connectivity index is 1.82. The number of aromatic hydroxyl groups is 1. The molecule has 3 aromatic carbocycles. The molecule has 0 saturated heterocycles. The highest BCUT2D eigenvalue weighted by Crippen LogP contribution is 2.25. The first-order valence-corrected chi connectivity index (χ1v) is 9.58. The van der Waals surface area contributed by atoms with E-state index in [9.17, 15) is 14.7 Å². The lowest BCUT2D eigenvalue weighted by molar-refractivity contribution is 0.101. The van der Waals surface area contributed by atoms with Gasteiger partial charge in [-0.3, -0.25) is 19.1 Å². The molecule has 1 aromatic heterocycles. The summed E-state index contributed by atoms with van der Waals surface area (Å²) in [6, 6.07) is 23.6. The van der Waals surface area contributed by atoms with Gasteiger partial charge in [0.05, 0.1) is 17.8 Å². The van der Waals surface area contributed by atoms with Crippen LogP contribution in [0.15, 0.2) is 88.6 Å². The lowest BCUT2D eigenvalue weighted by Crippen LogP contribution is -2.22. The molecule has 0 aliphatic carbocycles. The first-order valence-electron chi connectivity index (χ1n) is 9.58. The monoisotopic (exact) mass is 396 g/mol. The molecule has 0 fully saturated rings. The average Bonchev–Trinajstić information content (AvgIpc) is 2.77. The van der Waals surface area contributed by atoms with Crippen molar-refractivity contribution in [2.75, 3.05) is 0 Å². The van der Waals surface area contributed by atoms with Gasteiger partial charge in [-0.05, 0) is 42.8 Å². The highest BCUT2D eigenvalue weighted by atomic mass is 16.3. The van der Waals surface area contributed by atoms with Crippen LogP contribution in [-0.2, 0) is 6.54 Å². The van der Waals surface area contributed by atoms with E-state index >= 15 is 0 Å². The standard InChI is InChI=1S/C25H20N2O3/c1-17(28)19-11-13-20(14-12-19)26-15-23-21-9-5-6-10-22(21)24(29)27(25(23)30)16-18-7-3-2-4-8-18/h2-15,30H,16H2,1H3. The number of nitrogens with zero attached hydrogens (tertiary/aromatic N) is 2. The van der Waals surface area contributed by atoms with Gasteiger partial charge in [0.15, 0.2) is 5.78 Å². The van der Waals surface area contributed by atoms with Crippen LogP contribution in [0.5, 0.6) is 5.88 Å². The molecule has 4 rings (SSSR count). The predicted octanol–water partition coefficient (Wildman–Crippen LogP) is 4.71. The quantitative estimate of drug-likeness (QED) is 0.392. The Morgan fingerprint density at radius 2 is 1.57 bits per heavy atom. The first kappa shape index (κ1) is 19.3. The fraction of sp³-hybridized carbons (Fsp3) is 0.0800. The van der Waals surface area contributed by atoms with Crippen LogP contribution in [-0.4, -0.2) is 21.7 Å². The van der Waals surface area contributed by atoms with Gasteiger partial charge in [-0.15, -0.1) is 0 Å². The van der Waals surface area contributed by atoms with Gasteiger partial charge in [0.1, 0.15) is 0 Å². The van der Waals surface area contributed by atoms with Crippen molar-refractivity contribution in [1.29, 1.82) is 0 Å². The fourth-order valence-corrected chi connectivity index (χ4v) is 3.37. The number of aliphatic imine (C=N–C) groups is 1. The summed E-state index contributed by atoms with van der Waals surface area (Å²) in [5, 5.41) is 12.1. The Morgan fingerprint density at radius 1 is 0.933 bits per heavy atom. The number of benzene rings is 3. The summed E-state index contributed by atoms with van der Waals surface area (Å²) in [4.78, 5) is 28.9. The van der Waals surface area contributed by atoms with Crippen LogP contribution in [0, 0.1) is 0 Å². The van der Waals surface area contributed by atoms with Crippen molar-refractivity contribution in [3.63, 3.8) is 0 Å². The molecule has 0 bridgehead atoms. The maximum Gasteiger partial charge on any atom is 0.261 e. The summed E-state index contributed by atoms with van der Waals surface area (Å²) >= 11 is 0. The highest BCUT2D eigenvalue weighted by molar-refractivity contribution is 6.02. The molecule has 5 nitrogen and oxygen atoms in total. The fourth-order valence-electron chi connectivity index (χ4n) is 3.37. The molecular formula is C25H20N2O3. The minimum absolute atomic E-state index is 0.0119. The largest absolute Gasteiger partial charge is 0.494 e. The van der Waals surface area contributed by atoms with Crippen molar-refractivity contribution >= 4 is 28.5 Å². The van der Waals surface area contributed by atoms with E-state index in [0.29, 0.717) is 27.6 Å². The van der Waals surface area contributed by atoms with E-state index in [1.807, 2.05) is 36.4 Å². The summed E-state index contributed by atoms with van der Waals surface area (Å²) in [5.74, 6) is -0.145. The average molecular weight is 396 g/mol. The second-order valence-corrected chi connectivity index (χ2v) is 7.02. The van der Waals surface area contributed by atoms with Crippen molar-refractivity contribution in [1.82, 2.24) is 4.57 Å². The van der Waals surface area contributed by atoms with Gasteiger partial charge >= 0.3 is 0 Å². The molecule has 1 heterocycles. The van der Waals surface area contributed by atoms with Gasteiger partial charge in [0, 0.05) is 22.6 Å². The smallest absolute Gasteiger partial charge is 0.261 e. The summed E-state index contributed by atoms with van der Waals surface area (Å²) < 4.78 is 1.36. The molecule has 0 radical (unpaired) electrons. The van der Waals surface area contributed by atoms with E-state index < -0.39 is 0 Å². The van der Waals surface area contributed by atoms with Crippen molar-refractivity contribution in [3.05, 3.63) is 106 Å². The molecule has 30 heavy (non-hydrogen) atoms. The maximum atomic E-state index is 13.0. The molecule has 1 N–H and O–H groups in total. The molecular weight excluding hydrogens is 376 g/mol. The molecule has 4 aromatic rings. The van der Waals surface area contributed by atoms with E-state index in [1.54, 1.807) is 48.7 Å². The van der Waals surface area contributed by atoms with Crippen molar-refractivity contribution in [2.45, 2.75) is 13.5 Å². The molecule has 0 saturated carbocycles. The summed E-state index contributed by atoms with van der Waals surface area (Å²) in [5.41, 5.74) is 2.38. The molecule has 5 heteroatoms. The summed E-state index contributed by atoms with van der Waals surface area (Å²) in [6.07, 6.45) is 1.56. The number of hydrogen-bond acceptors (Lipinski definition) is 4. The molecule has 0 amide bonds. The van der Waals surface area contributed by atoms with Gasteiger partial charge in [-0.1, -0.05) is 48.5 Å². The van der Waals surface area contributed by atoms with Crippen LogP contribution in [0.3, 0.4) is 0 Å². The zero-order valence-corrected chi connectivity index (χ0v) is 16.4. The van der Waals surface area contributed by atoms with E-state index in [1.165, 1.54) is 11.5 Å². The lowest BCUT2D eigenvalue weighted by Gasteiger charge is -2.13. The Bertz CT molecular complexity index is 1300. The Kier molecular flexibility index (Phi) is 5.26. The van der Waals surface area contributed by atoms with E-state index in [4.69, 9.17) is 0 Å².